The van der Waals surface area contributed by atoms with Gasteiger partial charge in [0.25, 0.3) is 0 Å². The van der Waals surface area contributed by atoms with Crippen molar-refractivity contribution in [3.8, 4) is 5.75 Å². The Morgan fingerprint density at radius 3 is 2.17 bits per heavy atom. The summed E-state index contributed by atoms with van der Waals surface area (Å²) < 4.78 is 31.5. The molecule has 11 heteroatoms. The number of halogens is 2. The van der Waals surface area contributed by atoms with Crippen LogP contribution in [0.1, 0.15) is 39.2 Å². The highest BCUT2D eigenvalue weighted by molar-refractivity contribution is 7.92. The van der Waals surface area contributed by atoms with Crippen molar-refractivity contribution in [3.05, 3.63) is 58.1 Å². The lowest BCUT2D eigenvalue weighted by molar-refractivity contribution is -0.140. The fourth-order valence-corrected chi connectivity index (χ4v) is 4.68. The highest BCUT2D eigenvalue weighted by Gasteiger charge is 2.32. The molecule has 0 aliphatic carbocycles. The number of carbonyl (C=O) groups excluding carboxylic acids is 2. The molecule has 198 valence electrons. The first-order valence-electron chi connectivity index (χ1n) is 11.6. The molecule has 2 atom stereocenters. The van der Waals surface area contributed by atoms with Gasteiger partial charge < -0.3 is 15.0 Å². The van der Waals surface area contributed by atoms with Gasteiger partial charge in [-0.15, -0.1) is 0 Å². The Morgan fingerprint density at radius 2 is 1.67 bits per heavy atom. The van der Waals surface area contributed by atoms with Crippen LogP contribution < -0.4 is 14.4 Å². The molecule has 2 amide bonds. The summed E-state index contributed by atoms with van der Waals surface area (Å²) in [5.41, 5.74) is 0.959. The Labute approximate surface area is 223 Å². The SMILES string of the molecule is CC[C@@H](C)NC(=O)[C@H](CC)N(Cc1ccc(OC)cc1)C(=O)CN(c1ccc(Cl)c(Cl)c1)S(C)(=O)=O. The molecule has 0 fully saturated rings. The zero-order chi connectivity index (χ0) is 27.0. The third-order valence-corrected chi connectivity index (χ3v) is 7.65. The first kappa shape index (κ1) is 29.7. The second-order valence-electron chi connectivity index (χ2n) is 8.48. The van der Waals surface area contributed by atoms with E-state index in [1.165, 1.54) is 23.1 Å². The van der Waals surface area contributed by atoms with Crippen molar-refractivity contribution in [1.82, 2.24) is 10.2 Å². The van der Waals surface area contributed by atoms with Gasteiger partial charge >= 0.3 is 0 Å². The number of sulfonamides is 1. The molecular formula is C25H33Cl2N3O5S. The molecule has 2 rings (SSSR count). The topological polar surface area (TPSA) is 96.0 Å². The Bertz CT molecular complexity index is 1160. The molecule has 8 nitrogen and oxygen atoms in total. The van der Waals surface area contributed by atoms with Gasteiger partial charge in [-0.05, 0) is 55.7 Å². The fourth-order valence-electron chi connectivity index (χ4n) is 3.54. The second kappa shape index (κ2) is 13.2. The maximum absolute atomic E-state index is 13.7. The molecule has 1 N–H and O–H groups in total. The lowest BCUT2D eigenvalue weighted by Gasteiger charge is -2.33. The van der Waals surface area contributed by atoms with Gasteiger partial charge in [0.05, 0.1) is 29.1 Å². The van der Waals surface area contributed by atoms with Gasteiger partial charge in [-0.25, -0.2) is 8.42 Å². The van der Waals surface area contributed by atoms with Crippen molar-refractivity contribution in [1.29, 1.82) is 0 Å². The number of rotatable bonds is 12. The molecule has 0 saturated carbocycles. The van der Waals surface area contributed by atoms with Gasteiger partial charge in [0.15, 0.2) is 0 Å². The minimum absolute atomic E-state index is 0.0757. The predicted molar refractivity (Wildman–Crippen MR) is 144 cm³/mol. The molecule has 0 aliphatic rings. The third kappa shape index (κ3) is 8.01. The summed E-state index contributed by atoms with van der Waals surface area (Å²) in [5.74, 6) is -0.177. The summed E-state index contributed by atoms with van der Waals surface area (Å²) in [7, 11) is -2.31. The average Bonchev–Trinajstić information content (AvgIpc) is 2.83. The van der Waals surface area contributed by atoms with Gasteiger partial charge in [-0.2, -0.15) is 0 Å². The molecular weight excluding hydrogens is 525 g/mol. The van der Waals surface area contributed by atoms with E-state index < -0.39 is 28.5 Å². The first-order chi connectivity index (χ1) is 16.9. The van der Waals surface area contributed by atoms with Crippen LogP contribution in [0.2, 0.25) is 10.0 Å². The molecule has 0 heterocycles. The normalized spacial score (nSPS) is 13.0. The van der Waals surface area contributed by atoms with Crippen LogP contribution in [0.3, 0.4) is 0 Å². The third-order valence-electron chi connectivity index (χ3n) is 5.77. The number of hydrogen-bond acceptors (Lipinski definition) is 5. The van der Waals surface area contributed by atoms with Gasteiger partial charge in [-0.3, -0.25) is 13.9 Å². The Morgan fingerprint density at radius 1 is 1.03 bits per heavy atom. The summed E-state index contributed by atoms with van der Waals surface area (Å²) >= 11 is 12.1. The molecule has 0 spiro atoms. The van der Waals surface area contributed by atoms with Crippen LogP contribution >= 0.6 is 23.2 Å². The standard InChI is InChI=1S/C25H33Cl2N3O5S/c1-6-17(3)28-25(32)23(7-2)29(15-18-8-11-20(35-4)12-9-18)24(31)16-30(36(5,33)34)19-10-13-21(26)22(27)14-19/h8-14,17,23H,6-7,15-16H2,1-5H3,(H,28,32)/t17-,23+/m1/s1. The van der Waals surface area contributed by atoms with Crippen molar-refractivity contribution >= 4 is 50.7 Å². The van der Waals surface area contributed by atoms with Gasteiger partial charge in [-0.1, -0.05) is 49.2 Å². The number of ether oxygens (including phenoxy) is 1. The number of hydrogen-bond donors (Lipinski definition) is 1. The summed E-state index contributed by atoms with van der Waals surface area (Å²) in [6.45, 7) is 5.24. The predicted octanol–water partition coefficient (Wildman–Crippen LogP) is 4.49. The van der Waals surface area contributed by atoms with E-state index in [9.17, 15) is 18.0 Å². The van der Waals surface area contributed by atoms with Crippen molar-refractivity contribution < 1.29 is 22.7 Å². The monoisotopic (exact) mass is 557 g/mol. The lowest BCUT2D eigenvalue weighted by Crippen LogP contribution is -2.53. The highest BCUT2D eigenvalue weighted by Crippen LogP contribution is 2.29. The maximum Gasteiger partial charge on any atom is 0.244 e. The number of anilines is 1. The number of benzene rings is 2. The van der Waals surface area contributed by atoms with Crippen molar-refractivity contribution in [2.75, 3.05) is 24.2 Å². The molecule has 0 unspecified atom stereocenters. The Hall–Kier alpha value is -2.49. The lowest BCUT2D eigenvalue weighted by atomic mass is 10.1. The molecule has 0 saturated heterocycles. The minimum Gasteiger partial charge on any atom is -0.497 e. The zero-order valence-electron chi connectivity index (χ0n) is 21.1. The van der Waals surface area contributed by atoms with Crippen LogP contribution in [-0.2, 0) is 26.2 Å². The highest BCUT2D eigenvalue weighted by atomic mass is 35.5. The van der Waals surface area contributed by atoms with Crippen LogP contribution in [0.5, 0.6) is 5.75 Å². The summed E-state index contributed by atoms with van der Waals surface area (Å²) in [6, 6.07) is 10.6. The van der Waals surface area contributed by atoms with E-state index in [1.54, 1.807) is 31.4 Å². The van der Waals surface area contributed by atoms with E-state index in [0.717, 1.165) is 22.5 Å². The van der Waals surface area contributed by atoms with Crippen LogP contribution in [0, 0.1) is 0 Å². The smallest absolute Gasteiger partial charge is 0.244 e. The molecule has 36 heavy (non-hydrogen) atoms. The molecule has 0 aliphatic heterocycles. The second-order valence-corrected chi connectivity index (χ2v) is 11.2. The molecule has 0 aromatic heterocycles. The largest absolute Gasteiger partial charge is 0.497 e. The van der Waals surface area contributed by atoms with E-state index >= 15 is 0 Å². The van der Waals surface area contributed by atoms with Crippen LogP contribution in [0.4, 0.5) is 5.69 Å². The quantitative estimate of drug-likeness (QED) is 0.414. The number of methoxy groups -OCH3 is 1. The molecule has 2 aromatic rings. The van der Waals surface area contributed by atoms with E-state index in [2.05, 4.69) is 5.32 Å². The number of nitrogens with zero attached hydrogens (tertiary/aromatic N) is 2. The van der Waals surface area contributed by atoms with Gasteiger partial charge in [0, 0.05) is 12.6 Å². The van der Waals surface area contributed by atoms with Crippen molar-refractivity contribution in [2.45, 2.75) is 52.2 Å². The number of amides is 2. The molecule has 2 aromatic carbocycles. The molecule has 0 radical (unpaired) electrons. The summed E-state index contributed by atoms with van der Waals surface area (Å²) in [6.07, 6.45) is 2.08. The first-order valence-corrected chi connectivity index (χ1v) is 14.2. The Balaban J connectivity index is 2.45. The minimum atomic E-state index is -3.87. The van der Waals surface area contributed by atoms with Crippen molar-refractivity contribution in [2.24, 2.45) is 0 Å². The van der Waals surface area contributed by atoms with E-state index in [-0.39, 0.29) is 34.2 Å². The van der Waals surface area contributed by atoms with E-state index in [0.29, 0.717) is 12.2 Å². The van der Waals surface area contributed by atoms with Gasteiger partial charge in [0.1, 0.15) is 18.3 Å². The number of nitrogens with one attached hydrogen (secondary N) is 1. The van der Waals surface area contributed by atoms with Crippen LogP contribution in [-0.4, -0.2) is 57.1 Å². The summed E-state index contributed by atoms with van der Waals surface area (Å²) in [5, 5.41) is 3.35. The fraction of sp³-hybridized carbons (Fsp3) is 0.440. The van der Waals surface area contributed by atoms with E-state index in [4.69, 9.17) is 27.9 Å². The summed E-state index contributed by atoms with van der Waals surface area (Å²) in [4.78, 5) is 28.2. The molecule has 0 bridgehead atoms. The average molecular weight is 559 g/mol. The number of carbonyl (C=O) groups is 2. The Kier molecular flexibility index (Phi) is 10.9. The zero-order valence-corrected chi connectivity index (χ0v) is 23.5. The van der Waals surface area contributed by atoms with Crippen molar-refractivity contribution in [3.63, 3.8) is 0 Å². The maximum atomic E-state index is 13.7. The van der Waals surface area contributed by atoms with Crippen LogP contribution in [0.15, 0.2) is 42.5 Å². The van der Waals surface area contributed by atoms with Crippen LogP contribution in [0.25, 0.3) is 0 Å². The van der Waals surface area contributed by atoms with Gasteiger partial charge in [0.2, 0.25) is 21.8 Å². The van der Waals surface area contributed by atoms with E-state index in [1.807, 2.05) is 20.8 Å².